The van der Waals surface area contributed by atoms with Gasteiger partial charge in [0.1, 0.15) is 29.8 Å². The number of carbonyl (C=O) groups is 2. The fourth-order valence-corrected chi connectivity index (χ4v) is 2.74. The van der Waals surface area contributed by atoms with Gasteiger partial charge in [0, 0.05) is 12.8 Å². The number of aliphatic carboxylic acids is 1. The van der Waals surface area contributed by atoms with Crippen LogP contribution in [0, 0.1) is 0 Å². The van der Waals surface area contributed by atoms with Crippen molar-refractivity contribution >= 4 is 11.8 Å². The summed E-state index contributed by atoms with van der Waals surface area (Å²) in [4.78, 5) is 23.2. The second-order valence-corrected chi connectivity index (χ2v) is 6.23. The first-order chi connectivity index (χ1) is 12.8. The highest BCUT2D eigenvalue weighted by Gasteiger charge is 2.48. The molecule has 0 bridgehead atoms. The Morgan fingerprint density at radius 2 is 1.74 bits per heavy atom. The summed E-state index contributed by atoms with van der Waals surface area (Å²) in [6, 6.07) is 6.67. The summed E-state index contributed by atoms with van der Waals surface area (Å²) in [5, 5.41) is 38.9. The SMILES string of the molecule is CCC(=O)CC(OC1OC(C(=O)O)C(O)C(O)C1O)c1ccc(OC)cc1. The van der Waals surface area contributed by atoms with Crippen molar-refractivity contribution in [3.63, 3.8) is 0 Å². The van der Waals surface area contributed by atoms with Crippen LogP contribution in [0.4, 0.5) is 0 Å². The third-order valence-corrected chi connectivity index (χ3v) is 4.41. The van der Waals surface area contributed by atoms with Crippen LogP contribution in [0.2, 0.25) is 0 Å². The summed E-state index contributed by atoms with van der Waals surface area (Å²) in [5.41, 5.74) is 0.584. The lowest BCUT2D eigenvalue weighted by Gasteiger charge is -2.39. The summed E-state index contributed by atoms with van der Waals surface area (Å²) in [7, 11) is 1.51. The molecule has 2 rings (SSSR count). The second kappa shape index (κ2) is 9.25. The Balaban J connectivity index is 2.24. The number of hydrogen-bond acceptors (Lipinski definition) is 8. The number of ether oxygens (including phenoxy) is 3. The zero-order valence-corrected chi connectivity index (χ0v) is 15.0. The van der Waals surface area contributed by atoms with E-state index in [4.69, 9.17) is 19.3 Å². The third kappa shape index (κ3) is 5.02. The van der Waals surface area contributed by atoms with E-state index in [-0.39, 0.29) is 18.6 Å². The molecular formula is C18H24O9. The molecule has 9 nitrogen and oxygen atoms in total. The van der Waals surface area contributed by atoms with Crippen LogP contribution in [-0.2, 0) is 19.1 Å². The summed E-state index contributed by atoms with van der Waals surface area (Å²) >= 11 is 0. The van der Waals surface area contributed by atoms with Crippen LogP contribution >= 0.6 is 0 Å². The van der Waals surface area contributed by atoms with Crippen molar-refractivity contribution in [1.29, 1.82) is 0 Å². The van der Waals surface area contributed by atoms with Gasteiger partial charge in [-0.25, -0.2) is 4.79 Å². The lowest BCUT2D eigenvalue weighted by atomic mass is 9.98. The maximum Gasteiger partial charge on any atom is 0.335 e. The van der Waals surface area contributed by atoms with E-state index in [1.165, 1.54) is 7.11 Å². The van der Waals surface area contributed by atoms with Crippen LogP contribution in [0.15, 0.2) is 24.3 Å². The van der Waals surface area contributed by atoms with E-state index in [0.29, 0.717) is 11.3 Å². The normalized spacial score (nSPS) is 29.1. The van der Waals surface area contributed by atoms with Gasteiger partial charge in [0.05, 0.1) is 13.2 Å². The molecule has 6 atom stereocenters. The Kier molecular flexibility index (Phi) is 7.28. The minimum atomic E-state index is -1.81. The van der Waals surface area contributed by atoms with E-state index in [2.05, 4.69) is 0 Å². The van der Waals surface area contributed by atoms with E-state index in [0.717, 1.165) is 0 Å². The molecule has 1 aromatic rings. The van der Waals surface area contributed by atoms with Gasteiger partial charge in [-0.2, -0.15) is 0 Å². The fourth-order valence-electron chi connectivity index (χ4n) is 2.74. The van der Waals surface area contributed by atoms with Gasteiger partial charge >= 0.3 is 5.97 Å². The second-order valence-electron chi connectivity index (χ2n) is 6.23. The highest BCUT2D eigenvalue weighted by Crippen LogP contribution is 2.30. The highest BCUT2D eigenvalue weighted by atomic mass is 16.7. The molecule has 1 fully saturated rings. The lowest BCUT2D eigenvalue weighted by molar-refractivity contribution is -0.305. The Bertz CT molecular complexity index is 645. The highest BCUT2D eigenvalue weighted by molar-refractivity contribution is 5.78. The number of aliphatic hydroxyl groups is 3. The van der Waals surface area contributed by atoms with Crippen LogP contribution in [0.1, 0.15) is 31.4 Å². The summed E-state index contributed by atoms with van der Waals surface area (Å²) in [6.07, 6.45) is -9.20. The average Bonchev–Trinajstić information content (AvgIpc) is 2.67. The topological polar surface area (TPSA) is 143 Å². The van der Waals surface area contributed by atoms with E-state index < -0.39 is 42.8 Å². The van der Waals surface area contributed by atoms with Crippen molar-refractivity contribution in [1.82, 2.24) is 0 Å². The average molecular weight is 384 g/mol. The molecule has 1 aromatic carbocycles. The van der Waals surface area contributed by atoms with Gasteiger partial charge in [0.2, 0.25) is 0 Å². The van der Waals surface area contributed by atoms with Crippen LogP contribution in [0.5, 0.6) is 5.75 Å². The predicted molar refractivity (Wildman–Crippen MR) is 91.1 cm³/mol. The predicted octanol–water partition coefficient (Wildman–Crippen LogP) is 0.0143. The van der Waals surface area contributed by atoms with E-state index >= 15 is 0 Å². The van der Waals surface area contributed by atoms with Crippen molar-refractivity contribution < 1.29 is 44.2 Å². The number of ketones is 1. The minimum absolute atomic E-state index is 0.0359. The number of carbonyl (C=O) groups excluding carboxylic acids is 1. The third-order valence-electron chi connectivity index (χ3n) is 4.41. The lowest BCUT2D eigenvalue weighted by Crippen LogP contribution is -2.60. The Hall–Kier alpha value is -2.04. The van der Waals surface area contributed by atoms with Gasteiger partial charge in [-0.1, -0.05) is 19.1 Å². The van der Waals surface area contributed by atoms with Crippen LogP contribution < -0.4 is 4.74 Å². The van der Waals surface area contributed by atoms with E-state index in [1.807, 2.05) is 0 Å². The van der Waals surface area contributed by atoms with Crippen molar-refractivity contribution in [3.8, 4) is 5.75 Å². The molecule has 27 heavy (non-hydrogen) atoms. The Morgan fingerprint density at radius 1 is 1.11 bits per heavy atom. The molecule has 9 heteroatoms. The standard InChI is InChI=1S/C18H24O9/c1-3-10(19)8-12(9-4-6-11(25-2)7-5-9)26-18-15(22)13(20)14(21)16(27-18)17(23)24/h4-7,12-16,18,20-22H,3,8H2,1-2H3,(H,23,24). The number of Topliss-reactive ketones (excluding diaryl/α,β-unsaturated/α-hetero) is 1. The number of methoxy groups -OCH3 is 1. The minimum Gasteiger partial charge on any atom is -0.497 e. The molecule has 0 saturated carbocycles. The molecular weight excluding hydrogens is 360 g/mol. The Morgan fingerprint density at radius 3 is 2.26 bits per heavy atom. The number of aliphatic hydroxyl groups excluding tert-OH is 3. The van der Waals surface area contributed by atoms with Crippen molar-refractivity contribution in [2.24, 2.45) is 0 Å². The molecule has 150 valence electrons. The summed E-state index contributed by atoms with van der Waals surface area (Å²) in [5.74, 6) is -1.03. The van der Waals surface area contributed by atoms with Crippen molar-refractivity contribution in [3.05, 3.63) is 29.8 Å². The van der Waals surface area contributed by atoms with Gasteiger partial charge in [0.25, 0.3) is 0 Å². The number of rotatable bonds is 8. The summed E-state index contributed by atoms with van der Waals surface area (Å²) in [6.45, 7) is 1.69. The largest absolute Gasteiger partial charge is 0.497 e. The molecule has 0 aliphatic carbocycles. The maximum absolute atomic E-state index is 11.9. The number of carboxylic acids is 1. The molecule has 0 radical (unpaired) electrons. The maximum atomic E-state index is 11.9. The van der Waals surface area contributed by atoms with Gasteiger partial charge in [0.15, 0.2) is 12.4 Å². The molecule has 0 spiro atoms. The number of carboxylic acid groups (broad SMARTS) is 1. The first-order valence-corrected chi connectivity index (χ1v) is 8.52. The molecule has 0 aromatic heterocycles. The zero-order valence-electron chi connectivity index (χ0n) is 15.0. The van der Waals surface area contributed by atoms with Gasteiger partial charge in [-0.15, -0.1) is 0 Å². The summed E-state index contributed by atoms with van der Waals surface area (Å²) < 4.78 is 15.9. The van der Waals surface area contributed by atoms with Crippen LogP contribution in [0.3, 0.4) is 0 Å². The number of benzene rings is 1. The number of hydrogen-bond donors (Lipinski definition) is 4. The van der Waals surface area contributed by atoms with Crippen LogP contribution in [-0.4, -0.2) is 70.0 Å². The Labute approximate surface area is 156 Å². The van der Waals surface area contributed by atoms with Gasteiger partial charge in [-0.05, 0) is 17.7 Å². The first-order valence-electron chi connectivity index (χ1n) is 8.52. The van der Waals surface area contributed by atoms with Gasteiger partial charge < -0.3 is 34.6 Å². The van der Waals surface area contributed by atoms with Gasteiger partial charge in [-0.3, -0.25) is 4.79 Å². The molecule has 6 unspecified atom stereocenters. The smallest absolute Gasteiger partial charge is 0.335 e. The zero-order chi connectivity index (χ0) is 20.1. The van der Waals surface area contributed by atoms with E-state index in [1.54, 1.807) is 31.2 Å². The molecule has 0 amide bonds. The fraction of sp³-hybridized carbons (Fsp3) is 0.556. The molecule has 1 aliphatic rings. The van der Waals surface area contributed by atoms with Crippen LogP contribution in [0.25, 0.3) is 0 Å². The molecule has 1 heterocycles. The molecule has 1 aliphatic heterocycles. The van der Waals surface area contributed by atoms with E-state index in [9.17, 15) is 24.9 Å². The van der Waals surface area contributed by atoms with Crippen molar-refractivity contribution in [2.45, 2.75) is 56.6 Å². The van der Waals surface area contributed by atoms with Crippen molar-refractivity contribution in [2.75, 3.05) is 7.11 Å². The molecule has 1 saturated heterocycles. The first kappa shape index (κ1) is 21.3. The molecule has 4 N–H and O–H groups in total. The monoisotopic (exact) mass is 384 g/mol. The quantitative estimate of drug-likeness (QED) is 0.487.